The molecule has 0 unspecified atom stereocenters. The van der Waals surface area contributed by atoms with Gasteiger partial charge >= 0.3 is 0 Å². The normalized spacial score (nSPS) is 10.6. The Morgan fingerprint density at radius 3 is 2.53 bits per heavy atom. The van der Waals surface area contributed by atoms with Crippen LogP contribution in [0, 0.1) is 5.82 Å². The molecule has 0 aliphatic heterocycles. The van der Waals surface area contributed by atoms with Crippen LogP contribution in [0.5, 0.6) is 5.75 Å². The molecule has 0 saturated carbocycles. The Morgan fingerprint density at radius 1 is 1.13 bits per heavy atom. The Bertz CT molecular complexity index is 1030. The van der Waals surface area contributed by atoms with Crippen molar-refractivity contribution in [1.29, 1.82) is 0 Å². The van der Waals surface area contributed by atoms with Crippen LogP contribution in [0.15, 0.2) is 65.7 Å². The van der Waals surface area contributed by atoms with Gasteiger partial charge in [-0.25, -0.2) is 9.37 Å². The van der Waals surface area contributed by atoms with Crippen LogP contribution in [0.25, 0.3) is 11.3 Å². The highest BCUT2D eigenvalue weighted by Gasteiger charge is 2.07. The number of carbonyl (C=O) groups is 1. The second-order valence-electron chi connectivity index (χ2n) is 6.79. The summed E-state index contributed by atoms with van der Waals surface area (Å²) >= 11 is 0. The van der Waals surface area contributed by atoms with E-state index in [-0.39, 0.29) is 23.8 Å². The summed E-state index contributed by atoms with van der Waals surface area (Å²) in [5, 5.41) is 2.79. The average Bonchev–Trinajstić information content (AvgIpc) is 2.76. The van der Waals surface area contributed by atoms with Crippen LogP contribution < -0.4 is 15.6 Å². The molecule has 0 fully saturated rings. The van der Waals surface area contributed by atoms with Crippen LogP contribution >= 0.6 is 0 Å². The van der Waals surface area contributed by atoms with E-state index in [1.54, 1.807) is 36.4 Å². The summed E-state index contributed by atoms with van der Waals surface area (Å²) in [5.74, 6) is 0.166. The van der Waals surface area contributed by atoms with E-state index in [2.05, 4.69) is 17.2 Å². The van der Waals surface area contributed by atoms with Gasteiger partial charge in [-0.3, -0.25) is 14.2 Å². The first-order valence-corrected chi connectivity index (χ1v) is 9.90. The fraction of sp³-hybridized carbons (Fsp3) is 0.261. The number of amides is 1. The summed E-state index contributed by atoms with van der Waals surface area (Å²) in [6, 6.07) is 14.1. The van der Waals surface area contributed by atoms with E-state index in [0.717, 1.165) is 18.6 Å². The van der Waals surface area contributed by atoms with Crippen molar-refractivity contribution >= 4 is 5.91 Å². The first-order valence-electron chi connectivity index (χ1n) is 9.90. The number of benzene rings is 2. The number of carbonyl (C=O) groups excluding carboxylic acids is 1. The van der Waals surface area contributed by atoms with Crippen molar-refractivity contribution in [1.82, 2.24) is 14.9 Å². The molecule has 0 aliphatic rings. The highest BCUT2D eigenvalue weighted by atomic mass is 19.1. The molecule has 1 N–H and O–H groups in total. The lowest BCUT2D eigenvalue weighted by molar-refractivity contribution is 0.0952. The highest BCUT2D eigenvalue weighted by molar-refractivity contribution is 5.94. The second-order valence-corrected chi connectivity index (χ2v) is 6.79. The van der Waals surface area contributed by atoms with Gasteiger partial charge in [0.2, 0.25) is 0 Å². The number of aromatic nitrogens is 2. The molecule has 156 valence electrons. The SMILES string of the molecule is CCCCOc1ccc(C(=O)NCCn2cnc(-c3ccc(F)cc3)cc2=O)cc1. The van der Waals surface area contributed by atoms with Gasteiger partial charge in [0.1, 0.15) is 11.6 Å². The lowest BCUT2D eigenvalue weighted by Crippen LogP contribution is -2.30. The summed E-state index contributed by atoms with van der Waals surface area (Å²) in [6.07, 6.45) is 3.48. The van der Waals surface area contributed by atoms with Gasteiger partial charge in [-0.1, -0.05) is 13.3 Å². The highest BCUT2D eigenvalue weighted by Crippen LogP contribution is 2.15. The molecule has 7 heteroatoms. The standard InChI is InChI=1S/C23H24FN3O3/c1-2-3-14-30-20-10-6-18(7-11-20)23(29)25-12-13-27-16-26-21(15-22(27)28)17-4-8-19(24)9-5-17/h4-11,15-16H,2-3,12-14H2,1H3,(H,25,29). The topological polar surface area (TPSA) is 73.2 Å². The monoisotopic (exact) mass is 409 g/mol. The zero-order chi connectivity index (χ0) is 21.3. The Labute approximate surface area is 174 Å². The number of halogens is 1. The van der Waals surface area contributed by atoms with Crippen LogP contribution in [0.1, 0.15) is 30.1 Å². The second kappa shape index (κ2) is 10.3. The van der Waals surface area contributed by atoms with Crippen LogP contribution in [0.2, 0.25) is 0 Å². The molecule has 6 nitrogen and oxygen atoms in total. The minimum absolute atomic E-state index is 0.223. The van der Waals surface area contributed by atoms with Crippen molar-refractivity contribution in [2.75, 3.05) is 13.2 Å². The van der Waals surface area contributed by atoms with Crippen LogP contribution in [0.3, 0.4) is 0 Å². The molecule has 1 amide bonds. The van der Waals surface area contributed by atoms with Gasteiger partial charge in [-0.2, -0.15) is 0 Å². The third-order valence-electron chi connectivity index (χ3n) is 4.54. The molecule has 1 aromatic heterocycles. The lowest BCUT2D eigenvalue weighted by atomic mass is 10.1. The minimum Gasteiger partial charge on any atom is -0.494 e. The quantitative estimate of drug-likeness (QED) is 0.548. The summed E-state index contributed by atoms with van der Waals surface area (Å²) in [7, 11) is 0. The Kier molecular flexibility index (Phi) is 7.32. The smallest absolute Gasteiger partial charge is 0.253 e. The van der Waals surface area contributed by atoms with Crippen molar-refractivity contribution in [3.05, 3.63) is 82.7 Å². The molecule has 0 saturated heterocycles. The van der Waals surface area contributed by atoms with Crippen molar-refractivity contribution < 1.29 is 13.9 Å². The van der Waals surface area contributed by atoms with E-state index >= 15 is 0 Å². The van der Waals surface area contributed by atoms with Crippen molar-refractivity contribution in [3.8, 4) is 17.0 Å². The zero-order valence-corrected chi connectivity index (χ0v) is 16.8. The molecule has 30 heavy (non-hydrogen) atoms. The predicted molar refractivity (Wildman–Crippen MR) is 113 cm³/mol. The van der Waals surface area contributed by atoms with Crippen LogP contribution in [0.4, 0.5) is 4.39 Å². The maximum absolute atomic E-state index is 13.0. The van der Waals surface area contributed by atoms with Gasteiger partial charge in [0.25, 0.3) is 11.5 Å². The molecule has 0 radical (unpaired) electrons. The average molecular weight is 409 g/mol. The molecular weight excluding hydrogens is 385 g/mol. The number of hydrogen-bond acceptors (Lipinski definition) is 4. The van der Waals surface area contributed by atoms with Crippen molar-refractivity contribution in [3.63, 3.8) is 0 Å². The van der Waals surface area contributed by atoms with Gasteiger partial charge in [-0.15, -0.1) is 0 Å². The molecule has 0 spiro atoms. The van der Waals surface area contributed by atoms with Crippen molar-refractivity contribution in [2.45, 2.75) is 26.3 Å². The number of rotatable bonds is 9. The van der Waals surface area contributed by atoms with Gasteiger partial charge in [-0.05, 0) is 55.0 Å². The largest absolute Gasteiger partial charge is 0.494 e. The molecule has 1 heterocycles. The molecule has 0 aliphatic carbocycles. The Morgan fingerprint density at radius 2 is 1.87 bits per heavy atom. The molecule has 0 bridgehead atoms. The molecule has 0 atom stereocenters. The van der Waals surface area contributed by atoms with E-state index in [1.165, 1.54) is 29.1 Å². The molecule has 3 aromatic rings. The summed E-state index contributed by atoms with van der Waals surface area (Å²) in [4.78, 5) is 28.8. The Hall–Kier alpha value is -3.48. The lowest BCUT2D eigenvalue weighted by Gasteiger charge is -2.09. The maximum Gasteiger partial charge on any atom is 0.253 e. The summed E-state index contributed by atoms with van der Waals surface area (Å²) in [5.41, 5.74) is 1.42. The van der Waals surface area contributed by atoms with Gasteiger partial charge < -0.3 is 10.1 Å². The maximum atomic E-state index is 13.0. The van der Waals surface area contributed by atoms with E-state index in [9.17, 15) is 14.0 Å². The van der Waals surface area contributed by atoms with Gasteiger partial charge in [0.15, 0.2) is 0 Å². The van der Waals surface area contributed by atoms with E-state index in [1.807, 2.05) is 0 Å². The zero-order valence-electron chi connectivity index (χ0n) is 16.8. The van der Waals surface area contributed by atoms with Crippen LogP contribution in [-0.2, 0) is 6.54 Å². The fourth-order valence-corrected chi connectivity index (χ4v) is 2.80. The summed E-state index contributed by atoms with van der Waals surface area (Å²) in [6.45, 7) is 3.33. The number of hydrogen-bond donors (Lipinski definition) is 1. The first-order chi connectivity index (χ1) is 14.6. The van der Waals surface area contributed by atoms with Gasteiger partial charge in [0, 0.05) is 30.3 Å². The number of nitrogens with one attached hydrogen (secondary N) is 1. The minimum atomic E-state index is -0.346. The third-order valence-corrected chi connectivity index (χ3v) is 4.54. The predicted octanol–water partition coefficient (Wildman–Crippen LogP) is 3.66. The Balaban J connectivity index is 1.52. The van der Waals surface area contributed by atoms with Gasteiger partial charge in [0.05, 0.1) is 18.6 Å². The van der Waals surface area contributed by atoms with E-state index < -0.39 is 0 Å². The third kappa shape index (κ3) is 5.76. The number of unbranched alkanes of at least 4 members (excludes halogenated alkanes) is 1. The van der Waals surface area contributed by atoms with Crippen LogP contribution in [-0.4, -0.2) is 28.6 Å². The molecule has 3 rings (SSSR count). The van der Waals surface area contributed by atoms with E-state index in [0.29, 0.717) is 30.0 Å². The first kappa shape index (κ1) is 21.2. The molecule has 2 aromatic carbocycles. The number of nitrogens with zero attached hydrogens (tertiary/aromatic N) is 2. The number of ether oxygens (including phenoxy) is 1. The summed E-state index contributed by atoms with van der Waals surface area (Å²) < 4.78 is 20.0. The molecular formula is C23H24FN3O3. The fourth-order valence-electron chi connectivity index (χ4n) is 2.80. The van der Waals surface area contributed by atoms with E-state index in [4.69, 9.17) is 4.74 Å². The van der Waals surface area contributed by atoms with Crippen molar-refractivity contribution in [2.24, 2.45) is 0 Å².